The Balaban J connectivity index is 1.77. The van der Waals surface area contributed by atoms with E-state index >= 15 is 0 Å². The first-order valence-corrected chi connectivity index (χ1v) is 7.66. The summed E-state index contributed by atoms with van der Waals surface area (Å²) in [4.78, 5) is 0. The fraction of sp³-hybridized carbons (Fsp3) is 1.00. The van der Waals surface area contributed by atoms with Gasteiger partial charge in [0.15, 0.2) is 0 Å². The van der Waals surface area contributed by atoms with Crippen molar-refractivity contribution in [2.24, 2.45) is 23.7 Å². The van der Waals surface area contributed by atoms with Crippen LogP contribution in [-0.4, -0.2) is 7.85 Å². The topological polar surface area (TPSA) is 0 Å². The van der Waals surface area contributed by atoms with E-state index in [1.165, 1.54) is 19.3 Å². The molecule has 0 aromatic carbocycles. The summed E-state index contributed by atoms with van der Waals surface area (Å²) >= 11 is 0. The molecule has 3 aliphatic carbocycles. The van der Waals surface area contributed by atoms with Gasteiger partial charge in [0.25, 0.3) is 0 Å². The Morgan fingerprint density at radius 3 is 2.38 bits per heavy atom. The third-order valence-corrected chi connectivity index (χ3v) is 6.01. The van der Waals surface area contributed by atoms with E-state index in [1.54, 1.807) is 38.5 Å². The summed E-state index contributed by atoms with van der Waals surface area (Å²) in [6, 6.07) is 0. The van der Waals surface area contributed by atoms with E-state index in [0.717, 1.165) is 23.7 Å². The minimum atomic E-state index is 0.653. The van der Waals surface area contributed by atoms with Gasteiger partial charge in [-0.05, 0) is 42.9 Å². The summed E-state index contributed by atoms with van der Waals surface area (Å²) in [5.74, 6) is 4.49. The van der Waals surface area contributed by atoms with Crippen molar-refractivity contribution < 1.29 is 0 Å². The second-order valence-electron chi connectivity index (χ2n) is 7.62. The highest BCUT2D eigenvalue weighted by Gasteiger charge is 2.44. The van der Waals surface area contributed by atoms with E-state index in [-0.39, 0.29) is 0 Å². The molecule has 0 heterocycles. The van der Waals surface area contributed by atoms with Crippen LogP contribution in [0.3, 0.4) is 0 Å². The second-order valence-corrected chi connectivity index (χ2v) is 7.62. The molecule has 5 atom stereocenters. The zero-order valence-corrected chi connectivity index (χ0v) is 11.2. The van der Waals surface area contributed by atoms with Crippen molar-refractivity contribution in [1.29, 1.82) is 0 Å². The fourth-order valence-corrected chi connectivity index (χ4v) is 5.14. The summed E-state index contributed by atoms with van der Waals surface area (Å²) in [6.45, 7) is 2.51. The predicted molar refractivity (Wildman–Crippen MR) is 72.4 cm³/mol. The van der Waals surface area contributed by atoms with Gasteiger partial charge in [-0.25, -0.2) is 0 Å². The first kappa shape index (κ1) is 11.2. The zero-order valence-electron chi connectivity index (χ0n) is 11.2. The summed E-state index contributed by atoms with van der Waals surface area (Å²) in [5, 5.41) is 0.653. The Morgan fingerprint density at radius 2 is 1.56 bits per heavy atom. The van der Waals surface area contributed by atoms with E-state index in [9.17, 15) is 0 Å². The summed E-state index contributed by atoms with van der Waals surface area (Å²) in [7, 11) is 2.51. The number of hydrogen-bond donors (Lipinski definition) is 0. The van der Waals surface area contributed by atoms with Crippen molar-refractivity contribution in [3.05, 3.63) is 0 Å². The van der Waals surface area contributed by atoms with Gasteiger partial charge in [-0.2, -0.15) is 0 Å². The third kappa shape index (κ3) is 1.95. The van der Waals surface area contributed by atoms with Gasteiger partial charge in [0.05, 0.1) is 0 Å². The summed E-state index contributed by atoms with van der Waals surface area (Å²) < 4.78 is 0. The van der Waals surface area contributed by atoms with Crippen molar-refractivity contribution in [1.82, 2.24) is 0 Å². The van der Waals surface area contributed by atoms with Crippen LogP contribution < -0.4 is 0 Å². The molecule has 0 saturated heterocycles. The van der Waals surface area contributed by atoms with Crippen LogP contribution in [0.5, 0.6) is 0 Å². The van der Waals surface area contributed by atoms with Crippen LogP contribution in [0.1, 0.15) is 64.7 Å². The molecular weight excluding hydrogens is 191 g/mol. The molecule has 0 bridgehead atoms. The Morgan fingerprint density at radius 1 is 0.875 bits per heavy atom. The van der Waals surface area contributed by atoms with Gasteiger partial charge in [-0.3, -0.25) is 0 Å². The van der Waals surface area contributed by atoms with Gasteiger partial charge in [0.1, 0.15) is 7.85 Å². The molecule has 3 saturated carbocycles. The van der Waals surface area contributed by atoms with E-state index in [4.69, 9.17) is 0 Å². The lowest BCUT2D eigenvalue weighted by Gasteiger charge is -2.51. The van der Waals surface area contributed by atoms with E-state index in [0.29, 0.717) is 5.31 Å². The molecule has 16 heavy (non-hydrogen) atoms. The monoisotopic (exact) mass is 218 g/mol. The molecule has 5 unspecified atom stereocenters. The largest absolute Gasteiger partial charge is 0.109 e. The number of fused-ring (bicyclic) bond motifs is 3. The van der Waals surface area contributed by atoms with E-state index in [2.05, 4.69) is 14.8 Å². The van der Waals surface area contributed by atoms with Crippen LogP contribution in [0.4, 0.5) is 0 Å². The second kappa shape index (κ2) is 4.07. The molecule has 0 aromatic heterocycles. The smallest absolute Gasteiger partial charge is 0.0669 e. The fourth-order valence-electron chi connectivity index (χ4n) is 5.14. The standard InChI is InChI=1S/C15H27B/c1-15(16)9-8-12-7-6-11-4-2-3-5-13(11)14(12)10-15/h11-14H,2-10,16H2,1H3. The highest BCUT2D eigenvalue weighted by Crippen LogP contribution is 2.56. The molecule has 0 amide bonds. The van der Waals surface area contributed by atoms with Gasteiger partial charge < -0.3 is 0 Å². The van der Waals surface area contributed by atoms with Crippen LogP contribution in [0.15, 0.2) is 0 Å². The van der Waals surface area contributed by atoms with Crippen molar-refractivity contribution in [3.63, 3.8) is 0 Å². The normalized spacial score (nSPS) is 52.8. The van der Waals surface area contributed by atoms with E-state index < -0.39 is 0 Å². The predicted octanol–water partition coefficient (Wildman–Crippen LogP) is 3.81. The molecule has 0 aromatic rings. The molecule has 90 valence electrons. The minimum absolute atomic E-state index is 0.653. The van der Waals surface area contributed by atoms with Crippen LogP contribution in [0.2, 0.25) is 5.31 Å². The van der Waals surface area contributed by atoms with Crippen LogP contribution in [0.25, 0.3) is 0 Å². The van der Waals surface area contributed by atoms with Gasteiger partial charge in [0.2, 0.25) is 0 Å². The van der Waals surface area contributed by atoms with Gasteiger partial charge in [-0.15, -0.1) is 0 Å². The van der Waals surface area contributed by atoms with E-state index in [1.807, 2.05) is 0 Å². The van der Waals surface area contributed by atoms with Gasteiger partial charge in [0, 0.05) is 0 Å². The van der Waals surface area contributed by atoms with Gasteiger partial charge in [-0.1, -0.05) is 50.8 Å². The molecule has 3 rings (SSSR count). The highest BCUT2D eigenvalue weighted by atomic mass is 14.5. The number of rotatable bonds is 0. The quantitative estimate of drug-likeness (QED) is 0.542. The van der Waals surface area contributed by atoms with Crippen LogP contribution in [0, 0.1) is 23.7 Å². The first-order chi connectivity index (χ1) is 7.66. The Kier molecular flexibility index (Phi) is 2.84. The third-order valence-electron chi connectivity index (χ3n) is 6.01. The average molecular weight is 218 g/mol. The zero-order chi connectivity index (χ0) is 11.2. The van der Waals surface area contributed by atoms with Gasteiger partial charge >= 0.3 is 0 Å². The van der Waals surface area contributed by atoms with Crippen molar-refractivity contribution in [2.45, 2.75) is 70.0 Å². The Labute approximate surface area is 102 Å². The lowest BCUT2D eigenvalue weighted by molar-refractivity contribution is 0.0165. The molecule has 3 fully saturated rings. The van der Waals surface area contributed by atoms with Crippen molar-refractivity contribution in [3.8, 4) is 0 Å². The SMILES string of the molecule is BC1(C)CCC2CCC3CCCCC3C2C1. The molecule has 0 spiro atoms. The Bertz CT molecular complexity index is 258. The molecule has 0 radical (unpaired) electrons. The number of hydrogen-bond acceptors (Lipinski definition) is 0. The summed E-state index contributed by atoms with van der Waals surface area (Å²) in [6.07, 6.45) is 13.9. The molecular formula is C15H27B. The molecule has 3 aliphatic rings. The van der Waals surface area contributed by atoms with Crippen molar-refractivity contribution in [2.75, 3.05) is 0 Å². The maximum atomic E-state index is 2.51. The van der Waals surface area contributed by atoms with Crippen molar-refractivity contribution >= 4 is 7.85 Å². The molecule has 0 N–H and O–H groups in total. The van der Waals surface area contributed by atoms with Crippen LogP contribution in [-0.2, 0) is 0 Å². The minimum Gasteiger partial charge on any atom is -0.0669 e. The lowest BCUT2D eigenvalue weighted by Crippen LogP contribution is -2.41. The average Bonchev–Trinajstić information content (AvgIpc) is 2.28. The van der Waals surface area contributed by atoms with Crippen LogP contribution >= 0.6 is 0 Å². The highest BCUT2D eigenvalue weighted by molar-refractivity contribution is 6.14. The Hall–Kier alpha value is 0.0649. The molecule has 1 heteroatoms. The molecule has 0 aliphatic heterocycles. The summed E-state index contributed by atoms with van der Waals surface area (Å²) in [5.41, 5.74) is 0. The first-order valence-electron chi connectivity index (χ1n) is 7.66. The molecule has 0 nitrogen and oxygen atoms in total. The maximum Gasteiger partial charge on any atom is 0.109 e. The maximum absolute atomic E-state index is 2.51. The lowest BCUT2D eigenvalue weighted by atomic mass is 9.49.